The second-order valence-electron chi connectivity index (χ2n) is 4.17. The Kier molecular flexibility index (Phi) is 4.12. The maximum Gasteiger partial charge on any atom is 0.253 e. The van der Waals surface area contributed by atoms with Gasteiger partial charge in [0.15, 0.2) is 0 Å². The summed E-state index contributed by atoms with van der Waals surface area (Å²) in [5.74, 6) is 0.0783. The Balaban J connectivity index is 1.92. The van der Waals surface area contributed by atoms with E-state index in [1.54, 1.807) is 6.20 Å². The van der Waals surface area contributed by atoms with Crippen LogP contribution in [0, 0.1) is 0 Å². The third-order valence-corrected chi connectivity index (χ3v) is 3.00. The zero-order valence-electron chi connectivity index (χ0n) is 10.2. The van der Waals surface area contributed by atoms with E-state index >= 15 is 0 Å². The average Bonchev–Trinajstić information content (AvgIpc) is 2.46. The molecule has 0 radical (unpaired) electrons. The second-order valence-corrected chi connectivity index (χ2v) is 4.17. The van der Waals surface area contributed by atoms with Crippen LogP contribution in [0.15, 0.2) is 42.6 Å². The summed E-state index contributed by atoms with van der Waals surface area (Å²) >= 11 is 0. The van der Waals surface area contributed by atoms with Gasteiger partial charge >= 0.3 is 0 Å². The molecule has 1 aromatic carbocycles. The summed E-state index contributed by atoms with van der Waals surface area (Å²) in [6.07, 6.45) is 4.02. The first-order chi connectivity index (χ1) is 8.81. The van der Waals surface area contributed by atoms with Crippen LogP contribution in [0.3, 0.4) is 0 Å². The van der Waals surface area contributed by atoms with E-state index in [9.17, 15) is 9.59 Å². The van der Waals surface area contributed by atoms with Gasteiger partial charge in [0, 0.05) is 37.9 Å². The standard InChI is InChI=1S/C14H16N2O2/c17-12-4-7-15-8-10-16(11-9-15)14(18)13-5-2-1-3-6-13/h1-7,12H,8-11H2/b7-4+. The molecule has 4 heteroatoms. The molecular weight excluding hydrogens is 228 g/mol. The predicted octanol–water partition coefficient (Wildman–Crippen LogP) is 1.16. The van der Waals surface area contributed by atoms with Crippen molar-refractivity contribution in [3.63, 3.8) is 0 Å². The first kappa shape index (κ1) is 12.4. The lowest BCUT2D eigenvalue weighted by atomic mass is 10.2. The quantitative estimate of drug-likeness (QED) is 0.591. The largest absolute Gasteiger partial charge is 0.374 e. The molecule has 0 spiro atoms. The highest BCUT2D eigenvalue weighted by Crippen LogP contribution is 2.08. The number of rotatable bonds is 3. The zero-order valence-corrected chi connectivity index (χ0v) is 10.2. The summed E-state index contributed by atoms with van der Waals surface area (Å²) in [4.78, 5) is 26.3. The number of carbonyl (C=O) groups excluding carboxylic acids is 2. The van der Waals surface area contributed by atoms with E-state index in [1.165, 1.54) is 6.08 Å². The van der Waals surface area contributed by atoms with Gasteiger partial charge in [0.25, 0.3) is 5.91 Å². The van der Waals surface area contributed by atoms with Crippen LogP contribution in [-0.4, -0.2) is 48.2 Å². The van der Waals surface area contributed by atoms with E-state index < -0.39 is 0 Å². The Bertz CT molecular complexity index is 434. The molecule has 1 saturated heterocycles. The fraction of sp³-hybridized carbons (Fsp3) is 0.286. The summed E-state index contributed by atoms with van der Waals surface area (Å²) in [6.45, 7) is 2.92. The van der Waals surface area contributed by atoms with Gasteiger partial charge in [-0.25, -0.2) is 0 Å². The highest BCUT2D eigenvalue weighted by atomic mass is 16.2. The minimum absolute atomic E-state index is 0.0783. The van der Waals surface area contributed by atoms with E-state index in [4.69, 9.17) is 0 Å². The Hall–Kier alpha value is -2.10. The van der Waals surface area contributed by atoms with Crippen molar-refractivity contribution in [3.05, 3.63) is 48.2 Å². The van der Waals surface area contributed by atoms with Crippen molar-refractivity contribution in [2.24, 2.45) is 0 Å². The van der Waals surface area contributed by atoms with E-state index in [-0.39, 0.29) is 5.91 Å². The smallest absolute Gasteiger partial charge is 0.253 e. The van der Waals surface area contributed by atoms with Crippen molar-refractivity contribution in [3.8, 4) is 0 Å². The van der Waals surface area contributed by atoms with Crippen LogP contribution in [-0.2, 0) is 4.79 Å². The van der Waals surface area contributed by atoms with Gasteiger partial charge in [0.05, 0.1) is 0 Å². The third kappa shape index (κ3) is 2.97. The highest BCUT2D eigenvalue weighted by molar-refractivity contribution is 5.94. The molecule has 1 aliphatic heterocycles. The summed E-state index contributed by atoms with van der Waals surface area (Å²) in [5, 5.41) is 0. The van der Waals surface area contributed by atoms with Crippen molar-refractivity contribution in [2.45, 2.75) is 0 Å². The minimum Gasteiger partial charge on any atom is -0.374 e. The summed E-state index contributed by atoms with van der Waals surface area (Å²) < 4.78 is 0. The van der Waals surface area contributed by atoms with Crippen LogP contribution in [0.4, 0.5) is 0 Å². The number of carbonyl (C=O) groups is 2. The number of hydrogen-bond donors (Lipinski definition) is 0. The fourth-order valence-electron chi connectivity index (χ4n) is 1.99. The second kappa shape index (κ2) is 6.00. The molecule has 1 aromatic rings. The first-order valence-electron chi connectivity index (χ1n) is 6.01. The van der Waals surface area contributed by atoms with Crippen LogP contribution in [0.2, 0.25) is 0 Å². The molecule has 1 aliphatic rings. The van der Waals surface area contributed by atoms with Crippen LogP contribution < -0.4 is 0 Å². The third-order valence-electron chi connectivity index (χ3n) is 3.00. The molecule has 0 unspecified atom stereocenters. The Labute approximate surface area is 106 Å². The fourth-order valence-corrected chi connectivity index (χ4v) is 1.99. The summed E-state index contributed by atoms with van der Waals surface area (Å²) in [5.41, 5.74) is 0.731. The first-order valence-corrected chi connectivity index (χ1v) is 6.01. The number of aldehydes is 1. The van der Waals surface area contributed by atoms with Gasteiger partial charge in [-0.15, -0.1) is 0 Å². The van der Waals surface area contributed by atoms with Gasteiger partial charge in [0.1, 0.15) is 6.29 Å². The lowest BCUT2D eigenvalue weighted by Gasteiger charge is -2.34. The van der Waals surface area contributed by atoms with E-state index in [1.807, 2.05) is 40.1 Å². The molecule has 1 amide bonds. The SMILES string of the molecule is O=C/C=C/N1CCN(C(=O)c2ccccc2)CC1. The Morgan fingerprint density at radius 2 is 1.72 bits per heavy atom. The molecule has 0 bridgehead atoms. The van der Waals surface area contributed by atoms with Gasteiger partial charge in [0.2, 0.25) is 0 Å². The zero-order chi connectivity index (χ0) is 12.8. The molecule has 1 heterocycles. The molecule has 94 valence electrons. The normalized spacial score (nSPS) is 16.0. The average molecular weight is 244 g/mol. The minimum atomic E-state index is 0.0783. The van der Waals surface area contributed by atoms with Crippen molar-refractivity contribution in [2.75, 3.05) is 26.2 Å². The molecule has 1 fully saturated rings. The van der Waals surface area contributed by atoms with Crippen molar-refractivity contribution < 1.29 is 9.59 Å². The molecule has 2 rings (SSSR count). The molecular formula is C14H16N2O2. The van der Waals surface area contributed by atoms with Crippen LogP contribution in [0.1, 0.15) is 10.4 Å². The summed E-state index contributed by atoms with van der Waals surface area (Å²) in [6, 6.07) is 9.31. The lowest BCUT2D eigenvalue weighted by molar-refractivity contribution is -0.104. The topological polar surface area (TPSA) is 40.6 Å². The molecule has 18 heavy (non-hydrogen) atoms. The Morgan fingerprint density at radius 3 is 2.33 bits per heavy atom. The van der Waals surface area contributed by atoms with E-state index in [0.717, 1.165) is 24.9 Å². The molecule has 0 saturated carbocycles. The monoisotopic (exact) mass is 244 g/mol. The number of piperazine rings is 1. The van der Waals surface area contributed by atoms with E-state index in [0.29, 0.717) is 13.1 Å². The van der Waals surface area contributed by atoms with Crippen LogP contribution in [0.25, 0.3) is 0 Å². The van der Waals surface area contributed by atoms with Gasteiger partial charge in [-0.2, -0.15) is 0 Å². The molecule has 0 aromatic heterocycles. The molecule has 0 N–H and O–H groups in total. The van der Waals surface area contributed by atoms with Gasteiger partial charge in [-0.3, -0.25) is 9.59 Å². The van der Waals surface area contributed by atoms with Crippen LogP contribution in [0.5, 0.6) is 0 Å². The lowest BCUT2D eigenvalue weighted by Crippen LogP contribution is -2.46. The number of nitrogens with zero attached hydrogens (tertiary/aromatic N) is 2. The van der Waals surface area contributed by atoms with Crippen molar-refractivity contribution in [1.29, 1.82) is 0 Å². The van der Waals surface area contributed by atoms with Crippen molar-refractivity contribution >= 4 is 12.2 Å². The maximum atomic E-state index is 12.2. The highest BCUT2D eigenvalue weighted by Gasteiger charge is 2.20. The summed E-state index contributed by atoms with van der Waals surface area (Å²) in [7, 11) is 0. The van der Waals surface area contributed by atoms with Gasteiger partial charge in [-0.1, -0.05) is 18.2 Å². The number of hydrogen-bond acceptors (Lipinski definition) is 3. The molecule has 0 atom stereocenters. The van der Waals surface area contributed by atoms with Crippen molar-refractivity contribution in [1.82, 2.24) is 9.80 Å². The predicted molar refractivity (Wildman–Crippen MR) is 69.1 cm³/mol. The number of amides is 1. The van der Waals surface area contributed by atoms with E-state index in [2.05, 4.69) is 0 Å². The molecule has 0 aliphatic carbocycles. The van der Waals surface area contributed by atoms with Crippen LogP contribution >= 0.6 is 0 Å². The van der Waals surface area contributed by atoms with Gasteiger partial charge in [-0.05, 0) is 18.2 Å². The number of benzene rings is 1. The molecule has 4 nitrogen and oxygen atoms in total. The maximum absolute atomic E-state index is 12.2. The Morgan fingerprint density at radius 1 is 1.06 bits per heavy atom. The van der Waals surface area contributed by atoms with Gasteiger partial charge < -0.3 is 9.80 Å². The number of allylic oxidation sites excluding steroid dienone is 1.